The van der Waals surface area contributed by atoms with Gasteiger partial charge in [0, 0.05) is 71.3 Å². The fraction of sp³-hybridized carbons (Fsp3) is 0.0290. The average molecular weight is 1050 g/mol. The molecular weight excluding hydrogens is 1010 g/mol. The van der Waals surface area contributed by atoms with Crippen LogP contribution in [0.2, 0.25) is 0 Å². The molecule has 0 spiro atoms. The van der Waals surface area contributed by atoms with E-state index in [1.807, 2.05) is 138 Å². The maximum Gasteiger partial charge on any atom is 0.417 e. The molecule has 11 aromatic carbocycles. The fourth-order valence-electron chi connectivity index (χ4n) is 12.6. The molecule has 0 aliphatic rings. The molecule has 0 atom stereocenters. The van der Waals surface area contributed by atoms with Crippen LogP contribution in [0.1, 0.15) is 11.1 Å². The minimum Gasteiger partial charge on any atom is -0.310 e. The lowest BCUT2D eigenvalue weighted by Crippen LogP contribution is -2.12. The molecule has 0 N–H and O–H groups in total. The summed E-state index contributed by atoms with van der Waals surface area (Å²) in [6.07, 6.45) is -10.3. The van der Waals surface area contributed by atoms with Gasteiger partial charge < -0.3 is 18.3 Å². The maximum atomic E-state index is 15.8. The van der Waals surface area contributed by atoms with Crippen LogP contribution in [0, 0.1) is 6.57 Å². The van der Waals surface area contributed by atoms with Gasteiger partial charge in [-0.15, -0.1) is 0 Å². The third kappa shape index (κ3) is 6.91. The zero-order chi connectivity index (χ0) is 54.2. The first-order valence-electron chi connectivity index (χ1n) is 25.9. The van der Waals surface area contributed by atoms with E-state index in [9.17, 15) is 13.2 Å². The molecule has 382 valence electrons. The van der Waals surface area contributed by atoms with E-state index in [1.165, 1.54) is 6.07 Å². The Bertz CT molecular complexity index is 5110. The van der Waals surface area contributed by atoms with Crippen molar-refractivity contribution in [2.24, 2.45) is 0 Å². The molecule has 0 bridgehead atoms. The lowest BCUT2D eigenvalue weighted by molar-refractivity contribution is -0.142. The lowest BCUT2D eigenvalue weighted by atomic mass is 9.87. The number of alkyl halides is 6. The zero-order valence-electron chi connectivity index (χ0n) is 42.0. The van der Waals surface area contributed by atoms with Gasteiger partial charge in [-0.1, -0.05) is 140 Å². The van der Waals surface area contributed by atoms with E-state index in [0.29, 0.717) is 17.4 Å². The Morgan fingerprint density at radius 3 is 1.14 bits per heavy atom. The summed E-state index contributed by atoms with van der Waals surface area (Å²) in [6.45, 7) is 8.94. The molecule has 4 aromatic heterocycles. The molecule has 0 saturated carbocycles. The monoisotopic (exact) mass is 1050 g/mol. The summed E-state index contributed by atoms with van der Waals surface area (Å²) >= 11 is 0. The van der Waals surface area contributed by atoms with Crippen molar-refractivity contribution in [1.29, 1.82) is 0 Å². The second kappa shape index (κ2) is 17.3. The summed E-state index contributed by atoms with van der Waals surface area (Å²) in [5.74, 6) is 0. The summed E-state index contributed by atoms with van der Waals surface area (Å²) < 4.78 is 99.4. The first-order chi connectivity index (χ1) is 39.0. The molecule has 0 saturated heterocycles. The van der Waals surface area contributed by atoms with Crippen LogP contribution in [0.25, 0.3) is 137 Å². The van der Waals surface area contributed by atoms with E-state index >= 15 is 13.2 Å². The van der Waals surface area contributed by atoms with Crippen molar-refractivity contribution in [2.75, 3.05) is 0 Å². The normalized spacial score (nSPS) is 12.4. The van der Waals surface area contributed by atoms with Crippen molar-refractivity contribution < 1.29 is 26.3 Å². The van der Waals surface area contributed by atoms with Crippen LogP contribution < -0.4 is 0 Å². The van der Waals surface area contributed by atoms with Gasteiger partial charge in [-0.3, -0.25) is 0 Å². The third-order valence-electron chi connectivity index (χ3n) is 15.8. The number of aromatic nitrogens is 4. The topological polar surface area (TPSA) is 24.1 Å². The van der Waals surface area contributed by atoms with E-state index < -0.39 is 29.0 Å². The van der Waals surface area contributed by atoms with E-state index in [1.54, 1.807) is 18.2 Å². The predicted molar refractivity (Wildman–Crippen MR) is 311 cm³/mol. The number of nitrogens with zero attached hydrogens (tertiary/aromatic N) is 5. The second-order valence-corrected chi connectivity index (χ2v) is 20.1. The highest BCUT2D eigenvalue weighted by atomic mass is 19.4. The number of halogens is 6. The molecular formula is C69H39F6N5. The van der Waals surface area contributed by atoms with Gasteiger partial charge in [-0.05, 0) is 108 Å². The summed E-state index contributed by atoms with van der Waals surface area (Å²) in [7, 11) is 0. The largest absolute Gasteiger partial charge is 0.417 e. The predicted octanol–water partition coefficient (Wildman–Crippen LogP) is 20.0. The van der Waals surface area contributed by atoms with Gasteiger partial charge in [0.05, 0.1) is 67.5 Å². The van der Waals surface area contributed by atoms with E-state index in [2.05, 4.69) is 79.2 Å². The molecule has 0 aliphatic heterocycles. The first-order valence-corrected chi connectivity index (χ1v) is 25.9. The Morgan fingerprint density at radius 2 is 0.700 bits per heavy atom. The van der Waals surface area contributed by atoms with Crippen LogP contribution >= 0.6 is 0 Å². The van der Waals surface area contributed by atoms with Crippen LogP contribution in [0.15, 0.2) is 237 Å². The van der Waals surface area contributed by atoms with Crippen LogP contribution in [-0.2, 0) is 12.4 Å². The molecule has 4 heterocycles. The lowest BCUT2D eigenvalue weighted by Gasteiger charge is -2.24. The van der Waals surface area contributed by atoms with Gasteiger partial charge in [0.2, 0.25) is 0 Å². The van der Waals surface area contributed by atoms with Crippen molar-refractivity contribution in [3.63, 3.8) is 0 Å². The highest BCUT2D eigenvalue weighted by molar-refractivity contribution is 6.21. The quantitative estimate of drug-likeness (QED) is 0.117. The third-order valence-corrected chi connectivity index (χ3v) is 15.8. The number of hydrogen-bond donors (Lipinski definition) is 0. The van der Waals surface area contributed by atoms with Gasteiger partial charge >= 0.3 is 12.4 Å². The Morgan fingerprint density at radius 1 is 0.300 bits per heavy atom. The van der Waals surface area contributed by atoms with E-state index in [4.69, 9.17) is 6.57 Å². The summed E-state index contributed by atoms with van der Waals surface area (Å²) in [4.78, 5) is 4.17. The number of hydrogen-bond acceptors (Lipinski definition) is 0. The summed E-state index contributed by atoms with van der Waals surface area (Å²) in [6, 6.07) is 72.9. The number of rotatable bonds is 6. The molecule has 15 aromatic rings. The SMILES string of the molecule is [C-]#[N+]c1cccc(-n2c3ccccc3c3cc4c5ccccc5n(-c5ccccc5)c4cc32)c1-c1c(-c2ccc(C(F)(F)F)cc2C(F)(F)F)cccc1-n1c2ccccc2c2cc3c4ccccc4n(-c4ccccc4)c3cc21. The number of benzene rings is 11. The van der Waals surface area contributed by atoms with Crippen molar-refractivity contribution in [3.05, 3.63) is 259 Å². The first kappa shape index (κ1) is 46.9. The molecule has 0 amide bonds. The van der Waals surface area contributed by atoms with Gasteiger partial charge in [-0.2, -0.15) is 26.3 Å². The van der Waals surface area contributed by atoms with Crippen molar-refractivity contribution in [3.8, 4) is 45.0 Å². The minimum atomic E-state index is -5.23. The molecule has 0 radical (unpaired) electrons. The summed E-state index contributed by atoms with van der Waals surface area (Å²) in [5.41, 5.74) is 6.73. The van der Waals surface area contributed by atoms with Gasteiger partial charge in [0.15, 0.2) is 5.69 Å². The Hall–Kier alpha value is -10.3. The molecule has 0 unspecified atom stereocenters. The molecule has 80 heavy (non-hydrogen) atoms. The Labute approximate surface area is 452 Å². The van der Waals surface area contributed by atoms with Crippen LogP contribution in [0.5, 0.6) is 0 Å². The van der Waals surface area contributed by atoms with E-state index in [0.717, 1.165) is 105 Å². The Kier molecular flexibility index (Phi) is 10.2. The highest BCUT2D eigenvalue weighted by Crippen LogP contribution is 2.52. The highest BCUT2D eigenvalue weighted by Gasteiger charge is 2.39. The second-order valence-electron chi connectivity index (χ2n) is 20.1. The van der Waals surface area contributed by atoms with Gasteiger partial charge in [0.1, 0.15) is 0 Å². The van der Waals surface area contributed by atoms with Crippen LogP contribution in [0.4, 0.5) is 32.0 Å². The van der Waals surface area contributed by atoms with E-state index in [-0.39, 0.29) is 28.4 Å². The molecule has 11 heteroatoms. The van der Waals surface area contributed by atoms with Crippen LogP contribution in [-0.4, -0.2) is 18.3 Å². The Balaban J connectivity index is 1.11. The molecule has 15 rings (SSSR count). The molecule has 5 nitrogen and oxygen atoms in total. The number of fused-ring (bicyclic) bond motifs is 12. The van der Waals surface area contributed by atoms with Crippen LogP contribution in [0.3, 0.4) is 0 Å². The standard InChI is InChI=1S/C69H39F6N5/c1-76-55-27-17-33-61(80-59-31-15-11-25-48(59)53-38-51-46-23-9-13-29-57(46)78(63(51)40-65(53)80)43-20-6-3-7-21-43)67(55)66-49(44-35-34-41(68(70,71)72)36-54(44)69(73,74)75)26-16-32-60(66)79-58-30-14-10-24-47(58)52-37-50-45-22-8-12-28-56(45)77(62(50)39-64(52)79)42-18-4-2-5-19-42/h2-40H. The van der Waals surface area contributed by atoms with Gasteiger partial charge in [-0.25, -0.2) is 4.85 Å². The molecule has 0 fully saturated rings. The minimum absolute atomic E-state index is 0.0151. The maximum absolute atomic E-state index is 15.8. The summed E-state index contributed by atoms with van der Waals surface area (Å²) in [5, 5.41) is 7.60. The fourth-order valence-corrected chi connectivity index (χ4v) is 12.6. The number of para-hydroxylation sites is 6. The molecule has 0 aliphatic carbocycles. The average Bonchev–Trinajstić information content (AvgIpc) is 3.94. The smallest absolute Gasteiger partial charge is 0.310 e. The van der Waals surface area contributed by atoms with Crippen molar-refractivity contribution >= 4 is 92.9 Å². The van der Waals surface area contributed by atoms with Crippen molar-refractivity contribution in [1.82, 2.24) is 18.3 Å². The zero-order valence-corrected chi connectivity index (χ0v) is 42.0. The van der Waals surface area contributed by atoms with Gasteiger partial charge in [0.25, 0.3) is 0 Å². The van der Waals surface area contributed by atoms with Crippen molar-refractivity contribution in [2.45, 2.75) is 12.4 Å².